The molecule has 2 atom stereocenters. The summed E-state index contributed by atoms with van der Waals surface area (Å²) in [4.78, 5) is 4.45. The van der Waals surface area contributed by atoms with Crippen LogP contribution in [0.4, 0.5) is 0 Å². The predicted octanol–water partition coefficient (Wildman–Crippen LogP) is 3.84. The van der Waals surface area contributed by atoms with Crippen molar-refractivity contribution in [3.63, 3.8) is 0 Å². The van der Waals surface area contributed by atoms with Gasteiger partial charge in [0.1, 0.15) is 0 Å². The lowest BCUT2D eigenvalue weighted by atomic mass is 9.79. The van der Waals surface area contributed by atoms with E-state index in [1.165, 1.54) is 24.8 Å². The van der Waals surface area contributed by atoms with E-state index >= 15 is 0 Å². The highest BCUT2D eigenvalue weighted by molar-refractivity contribution is 5.74. The van der Waals surface area contributed by atoms with Gasteiger partial charge < -0.3 is 9.88 Å². The molecule has 3 heteroatoms. The second kappa shape index (κ2) is 6.61. The van der Waals surface area contributed by atoms with E-state index in [4.69, 9.17) is 0 Å². The molecule has 1 N–H and O–H groups in total. The van der Waals surface area contributed by atoms with E-state index in [9.17, 15) is 0 Å². The maximum atomic E-state index is 4.45. The minimum atomic E-state index is 0.707. The normalized spacial score (nSPS) is 26.3. The standard InChI is InChI=1S/C18H27N3/c1-14-7-5-8-15(2)18(14)19-11-6-12-21-13-20-16-9-3-4-10-17(16)21/h3-4,9-10,13-15,18-19H,5-8,11-12H2,1-2H3. The number of benzene rings is 1. The van der Waals surface area contributed by atoms with Crippen LogP contribution in [-0.2, 0) is 6.54 Å². The van der Waals surface area contributed by atoms with E-state index in [0.717, 1.165) is 36.9 Å². The molecule has 21 heavy (non-hydrogen) atoms. The first-order chi connectivity index (χ1) is 10.3. The smallest absolute Gasteiger partial charge is 0.0958 e. The third-order valence-electron chi connectivity index (χ3n) is 5.03. The van der Waals surface area contributed by atoms with Crippen LogP contribution in [0.1, 0.15) is 39.5 Å². The SMILES string of the molecule is CC1CCCC(C)C1NCCCn1cnc2ccccc21. The molecular formula is C18H27N3. The maximum Gasteiger partial charge on any atom is 0.0958 e. The van der Waals surface area contributed by atoms with Gasteiger partial charge in [-0.2, -0.15) is 0 Å². The van der Waals surface area contributed by atoms with E-state index in [2.05, 4.69) is 46.9 Å². The second-order valence-electron chi connectivity index (χ2n) is 6.65. The Balaban J connectivity index is 1.50. The largest absolute Gasteiger partial charge is 0.331 e. The van der Waals surface area contributed by atoms with Crippen LogP contribution >= 0.6 is 0 Å². The number of aromatic nitrogens is 2. The van der Waals surface area contributed by atoms with Crippen molar-refractivity contribution >= 4 is 11.0 Å². The van der Waals surface area contributed by atoms with Gasteiger partial charge >= 0.3 is 0 Å². The minimum absolute atomic E-state index is 0.707. The van der Waals surface area contributed by atoms with Gasteiger partial charge in [0, 0.05) is 12.6 Å². The van der Waals surface area contributed by atoms with Crippen molar-refractivity contribution in [3.8, 4) is 0 Å². The summed E-state index contributed by atoms with van der Waals surface area (Å²) in [5, 5.41) is 3.80. The zero-order chi connectivity index (χ0) is 14.7. The number of imidazole rings is 1. The lowest BCUT2D eigenvalue weighted by Gasteiger charge is -2.35. The van der Waals surface area contributed by atoms with E-state index in [-0.39, 0.29) is 0 Å². The third-order valence-corrected chi connectivity index (χ3v) is 5.03. The number of fused-ring (bicyclic) bond motifs is 1. The average molecular weight is 285 g/mol. The minimum Gasteiger partial charge on any atom is -0.331 e. The van der Waals surface area contributed by atoms with Crippen LogP contribution in [0.15, 0.2) is 30.6 Å². The molecule has 0 amide bonds. The first-order valence-corrected chi connectivity index (χ1v) is 8.39. The number of hydrogen-bond donors (Lipinski definition) is 1. The predicted molar refractivity (Wildman–Crippen MR) is 88.3 cm³/mol. The quantitative estimate of drug-likeness (QED) is 0.846. The summed E-state index contributed by atoms with van der Waals surface area (Å²) >= 11 is 0. The molecule has 3 nitrogen and oxygen atoms in total. The molecule has 1 heterocycles. The van der Waals surface area contributed by atoms with Gasteiger partial charge in [0.15, 0.2) is 0 Å². The van der Waals surface area contributed by atoms with Gasteiger partial charge in [0.25, 0.3) is 0 Å². The van der Waals surface area contributed by atoms with E-state index in [0.29, 0.717) is 6.04 Å². The summed E-state index contributed by atoms with van der Waals surface area (Å²) in [5.74, 6) is 1.64. The highest BCUT2D eigenvalue weighted by Gasteiger charge is 2.26. The molecule has 0 aliphatic heterocycles. The van der Waals surface area contributed by atoms with Crippen molar-refractivity contribution in [2.45, 2.75) is 52.1 Å². The average Bonchev–Trinajstić information content (AvgIpc) is 2.89. The number of nitrogens with zero attached hydrogens (tertiary/aromatic N) is 2. The Morgan fingerprint density at radius 2 is 1.95 bits per heavy atom. The lowest BCUT2D eigenvalue weighted by Crippen LogP contribution is -2.43. The number of nitrogens with one attached hydrogen (secondary N) is 1. The highest BCUT2D eigenvalue weighted by Crippen LogP contribution is 2.28. The molecule has 3 rings (SSSR count). The molecular weight excluding hydrogens is 258 g/mol. The highest BCUT2D eigenvalue weighted by atomic mass is 15.0. The fourth-order valence-corrected chi connectivity index (χ4v) is 3.79. The molecule has 114 valence electrons. The molecule has 0 bridgehead atoms. The first kappa shape index (κ1) is 14.6. The van der Waals surface area contributed by atoms with Crippen molar-refractivity contribution in [1.29, 1.82) is 0 Å². The number of hydrogen-bond acceptors (Lipinski definition) is 2. The van der Waals surface area contributed by atoms with Crippen molar-refractivity contribution in [2.24, 2.45) is 11.8 Å². The Kier molecular flexibility index (Phi) is 4.59. The van der Waals surface area contributed by atoms with E-state index < -0.39 is 0 Å². The summed E-state index contributed by atoms with van der Waals surface area (Å²) in [6, 6.07) is 9.08. The lowest BCUT2D eigenvalue weighted by molar-refractivity contribution is 0.208. The van der Waals surface area contributed by atoms with E-state index in [1.807, 2.05) is 12.4 Å². The molecule has 1 fully saturated rings. The van der Waals surface area contributed by atoms with Crippen molar-refractivity contribution in [3.05, 3.63) is 30.6 Å². The summed E-state index contributed by atoms with van der Waals surface area (Å²) in [5.41, 5.74) is 2.34. The van der Waals surface area contributed by atoms with Crippen LogP contribution < -0.4 is 5.32 Å². The summed E-state index contributed by atoms with van der Waals surface area (Å²) < 4.78 is 2.27. The Bertz CT molecular complexity index is 565. The molecule has 2 aromatic rings. The Morgan fingerprint density at radius 1 is 1.19 bits per heavy atom. The van der Waals surface area contributed by atoms with Crippen LogP contribution in [0.3, 0.4) is 0 Å². The van der Waals surface area contributed by atoms with E-state index in [1.54, 1.807) is 0 Å². The number of aryl methyl sites for hydroxylation is 1. The van der Waals surface area contributed by atoms with Crippen molar-refractivity contribution in [2.75, 3.05) is 6.54 Å². The fraction of sp³-hybridized carbons (Fsp3) is 0.611. The fourth-order valence-electron chi connectivity index (χ4n) is 3.79. The first-order valence-electron chi connectivity index (χ1n) is 8.39. The molecule has 2 unspecified atom stereocenters. The van der Waals surface area contributed by atoms with Crippen molar-refractivity contribution in [1.82, 2.24) is 14.9 Å². The molecule has 0 radical (unpaired) electrons. The Morgan fingerprint density at radius 3 is 2.76 bits per heavy atom. The summed E-state index contributed by atoms with van der Waals surface area (Å²) in [6.07, 6.45) is 7.30. The topological polar surface area (TPSA) is 29.9 Å². The zero-order valence-electron chi connectivity index (χ0n) is 13.3. The third kappa shape index (κ3) is 3.29. The Labute approximate surface area is 127 Å². The van der Waals surface area contributed by atoms with Crippen LogP contribution in [0.5, 0.6) is 0 Å². The molecule has 1 aromatic carbocycles. The van der Waals surface area contributed by atoms with Crippen LogP contribution in [0, 0.1) is 11.8 Å². The van der Waals surface area contributed by atoms with Crippen LogP contribution in [0.25, 0.3) is 11.0 Å². The zero-order valence-corrected chi connectivity index (χ0v) is 13.3. The van der Waals surface area contributed by atoms with Crippen LogP contribution in [0.2, 0.25) is 0 Å². The molecule has 1 saturated carbocycles. The number of para-hydroxylation sites is 2. The van der Waals surface area contributed by atoms with Gasteiger partial charge in [-0.25, -0.2) is 4.98 Å². The number of rotatable bonds is 5. The summed E-state index contributed by atoms with van der Waals surface area (Å²) in [7, 11) is 0. The summed E-state index contributed by atoms with van der Waals surface area (Å²) in [6.45, 7) is 6.95. The molecule has 1 aliphatic rings. The molecule has 0 saturated heterocycles. The molecule has 1 aromatic heterocycles. The van der Waals surface area contributed by atoms with Gasteiger partial charge in [0.05, 0.1) is 17.4 Å². The monoisotopic (exact) mass is 285 g/mol. The van der Waals surface area contributed by atoms with Gasteiger partial charge in [-0.15, -0.1) is 0 Å². The maximum absolute atomic E-state index is 4.45. The second-order valence-corrected chi connectivity index (χ2v) is 6.65. The van der Waals surface area contributed by atoms with Gasteiger partial charge in [-0.1, -0.05) is 32.4 Å². The molecule has 0 spiro atoms. The van der Waals surface area contributed by atoms with Gasteiger partial charge in [-0.05, 0) is 49.8 Å². The Hall–Kier alpha value is -1.35. The van der Waals surface area contributed by atoms with Crippen LogP contribution in [-0.4, -0.2) is 22.1 Å². The van der Waals surface area contributed by atoms with Crippen molar-refractivity contribution < 1.29 is 0 Å². The van der Waals surface area contributed by atoms with Gasteiger partial charge in [-0.3, -0.25) is 0 Å². The van der Waals surface area contributed by atoms with Gasteiger partial charge in [0.2, 0.25) is 0 Å². The molecule has 1 aliphatic carbocycles.